The summed E-state index contributed by atoms with van der Waals surface area (Å²) in [4.78, 5) is 5.39. The highest BCUT2D eigenvalue weighted by Crippen LogP contribution is 2.28. The van der Waals surface area contributed by atoms with Crippen molar-refractivity contribution in [2.45, 2.75) is 52.2 Å². The summed E-state index contributed by atoms with van der Waals surface area (Å²) < 4.78 is 0. The maximum atomic E-state index is 2.70. The topological polar surface area (TPSA) is 6.48 Å². The average Bonchev–Trinajstić information content (AvgIpc) is 2.86. The zero-order chi connectivity index (χ0) is 13.4. The van der Waals surface area contributed by atoms with Crippen LogP contribution >= 0.6 is 0 Å². The summed E-state index contributed by atoms with van der Waals surface area (Å²) in [7, 11) is 0. The van der Waals surface area contributed by atoms with E-state index in [9.17, 15) is 0 Å². The predicted octanol–water partition coefficient (Wildman–Crippen LogP) is 2.97. The van der Waals surface area contributed by atoms with Gasteiger partial charge in [-0.1, -0.05) is 23.8 Å². The molecule has 0 aliphatic carbocycles. The highest BCUT2D eigenvalue weighted by Gasteiger charge is 2.36. The van der Waals surface area contributed by atoms with Crippen molar-refractivity contribution in [1.82, 2.24) is 9.80 Å². The number of hydrogen-bond acceptors (Lipinski definition) is 2. The van der Waals surface area contributed by atoms with E-state index in [0.29, 0.717) is 6.04 Å². The molecule has 0 bridgehead atoms. The third-order valence-corrected chi connectivity index (χ3v) is 5.10. The zero-order valence-electron chi connectivity index (χ0n) is 12.5. The summed E-state index contributed by atoms with van der Waals surface area (Å²) in [5, 5.41) is 0. The second kappa shape index (κ2) is 5.26. The van der Waals surface area contributed by atoms with Gasteiger partial charge in [-0.2, -0.15) is 0 Å². The summed E-state index contributed by atoms with van der Waals surface area (Å²) in [6.07, 6.45) is 2.79. The molecule has 2 aliphatic heterocycles. The quantitative estimate of drug-likeness (QED) is 0.804. The number of aryl methyl sites for hydroxylation is 2. The maximum Gasteiger partial charge on any atom is 0.0250 e. The molecule has 2 atom stereocenters. The fourth-order valence-electron chi connectivity index (χ4n) is 3.79. The van der Waals surface area contributed by atoms with Crippen LogP contribution in [0.1, 0.15) is 36.5 Å². The van der Waals surface area contributed by atoms with Crippen LogP contribution in [-0.2, 0) is 6.54 Å². The lowest BCUT2D eigenvalue weighted by Gasteiger charge is -2.43. The van der Waals surface area contributed by atoms with E-state index < -0.39 is 0 Å². The lowest BCUT2D eigenvalue weighted by atomic mass is 10.00. The summed E-state index contributed by atoms with van der Waals surface area (Å²) in [5.41, 5.74) is 4.33. The zero-order valence-corrected chi connectivity index (χ0v) is 12.5. The van der Waals surface area contributed by atoms with E-state index >= 15 is 0 Å². The van der Waals surface area contributed by atoms with Crippen LogP contribution in [0.4, 0.5) is 0 Å². The number of piperazine rings is 1. The van der Waals surface area contributed by atoms with Gasteiger partial charge in [0.15, 0.2) is 0 Å². The largest absolute Gasteiger partial charge is 0.298 e. The molecule has 2 aliphatic rings. The van der Waals surface area contributed by atoms with Gasteiger partial charge in [0.25, 0.3) is 0 Å². The number of nitrogens with zero attached hydrogens (tertiary/aromatic N) is 2. The molecule has 2 saturated heterocycles. The molecule has 0 spiro atoms. The first-order valence-electron chi connectivity index (χ1n) is 7.69. The Balaban J connectivity index is 1.74. The monoisotopic (exact) mass is 258 g/mol. The van der Waals surface area contributed by atoms with Gasteiger partial charge in [-0.3, -0.25) is 9.80 Å². The Bertz CT molecular complexity index is 455. The van der Waals surface area contributed by atoms with E-state index in [0.717, 1.165) is 12.6 Å². The summed E-state index contributed by atoms with van der Waals surface area (Å²) in [5.74, 6) is 0. The first-order chi connectivity index (χ1) is 9.15. The maximum absolute atomic E-state index is 2.70. The van der Waals surface area contributed by atoms with Crippen LogP contribution in [0, 0.1) is 13.8 Å². The van der Waals surface area contributed by atoms with Crippen molar-refractivity contribution in [3.8, 4) is 0 Å². The Morgan fingerprint density at radius 1 is 1.16 bits per heavy atom. The molecule has 0 radical (unpaired) electrons. The van der Waals surface area contributed by atoms with Crippen molar-refractivity contribution >= 4 is 0 Å². The first kappa shape index (κ1) is 13.1. The second-order valence-electron chi connectivity index (χ2n) is 6.39. The Hall–Kier alpha value is -0.860. The second-order valence-corrected chi connectivity index (χ2v) is 6.39. The lowest BCUT2D eigenvalue weighted by Crippen LogP contribution is -2.55. The number of hydrogen-bond donors (Lipinski definition) is 0. The molecule has 1 aromatic carbocycles. The van der Waals surface area contributed by atoms with Crippen LogP contribution in [-0.4, -0.2) is 41.5 Å². The molecule has 1 aromatic rings. The summed E-state index contributed by atoms with van der Waals surface area (Å²) >= 11 is 0. The summed E-state index contributed by atoms with van der Waals surface area (Å²) in [6, 6.07) is 8.36. The lowest BCUT2D eigenvalue weighted by molar-refractivity contribution is 0.0469. The van der Waals surface area contributed by atoms with Gasteiger partial charge in [-0.05, 0) is 51.3 Å². The van der Waals surface area contributed by atoms with Crippen molar-refractivity contribution in [1.29, 1.82) is 0 Å². The van der Waals surface area contributed by atoms with E-state index in [4.69, 9.17) is 0 Å². The third-order valence-electron chi connectivity index (χ3n) is 5.10. The standard InChI is InChI=1S/C17H26N2/c1-13-6-7-14(2)16(11-13)12-19-10-9-18-8-4-5-17(18)15(19)3/h6-7,11,15,17H,4-5,8-10,12H2,1-3H3/t15-,17+/m1/s1. The Morgan fingerprint density at radius 3 is 2.84 bits per heavy atom. The van der Waals surface area contributed by atoms with E-state index in [1.807, 2.05) is 0 Å². The van der Waals surface area contributed by atoms with E-state index in [2.05, 4.69) is 48.8 Å². The molecular formula is C17H26N2. The Kier molecular flexibility index (Phi) is 3.64. The molecule has 0 saturated carbocycles. The minimum Gasteiger partial charge on any atom is -0.298 e. The van der Waals surface area contributed by atoms with Crippen molar-refractivity contribution in [3.63, 3.8) is 0 Å². The smallest absolute Gasteiger partial charge is 0.0250 e. The van der Waals surface area contributed by atoms with Gasteiger partial charge in [0.05, 0.1) is 0 Å². The molecule has 2 fully saturated rings. The van der Waals surface area contributed by atoms with Gasteiger partial charge in [0.2, 0.25) is 0 Å². The minimum atomic E-state index is 0.705. The van der Waals surface area contributed by atoms with Crippen LogP contribution < -0.4 is 0 Å². The van der Waals surface area contributed by atoms with Crippen LogP contribution in [0.25, 0.3) is 0 Å². The van der Waals surface area contributed by atoms with Crippen molar-refractivity contribution in [3.05, 3.63) is 34.9 Å². The molecule has 2 nitrogen and oxygen atoms in total. The predicted molar refractivity (Wildman–Crippen MR) is 80.4 cm³/mol. The van der Waals surface area contributed by atoms with Gasteiger partial charge in [0.1, 0.15) is 0 Å². The molecule has 0 amide bonds. The molecule has 0 N–H and O–H groups in total. The van der Waals surface area contributed by atoms with Crippen LogP contribution in [0.5, 0.6) is 0 Å². The summed E-state index contributed by atoms with van der Waals surface area (Å²) in [6.45, 7) is 11.8. The fourth-order valence-corrected chi connectivity index (χ4v) is 3.79. The molecule has 2 heterocycles. The fraction of sp³-hybridized carbons (Fsp3) is 0.647. The molecule has 19 heavy (non-hydrogen) atoms. The number of rotatable bonds is 2. The SMILES string of the molecule is Cc1ccc(C)c(CN2CCN3CCC[C@H]3[C@H]2C)c1. The molecule has 104 valence electrons. The van der Waals surface area contributed by atoms with Gasteiger partial charge >= 0.3 is 0 Å². The number of fused-ring (bicyclic) bond motifs is 1. The van der Waals surface area contributed by atoms with Crippen LogP contribution in [0.2, 0.25) is 0 Å². The van der Waals surface area contributed by atoms with E-state index in [-0.39, 0.29) is 0 Å². The van der Waals surface area contributed by atoms with Gasteiger partial charge in [-0.15, -0.1) is 0 Å². The van der Waals surface area contributed by atoms with Crippen molar-refractivity contribution in [2.24, 2.45) is 0 Å². The van der Waals surface area contributed by atoms with E-state index in [1.165, 1.54) is 49.2 Å². The molecule has 3 rings (SSSR count). The molecule has 0 unspecified atom stereocenters. The van der Waals surface area contributed by atoms with Gasteiger partial charge in [0, 0.05) is 31.7 Å². The number of benzene rings is 1. The highest BCUT2D eigenvalue weighted by atomic mass is 15.3. The van der Waals surface area contributed by atoms with Crippen molar-refractivity contribution in [2.75, 3.05) is 19.6 Å². The molecule has 2 heteroatoms. The van der Waals surface area contributed by atoms with Crippen LogP contribution in [0.15, 0.2) is 18.2 Å². The highest BCUT2D eigenvalue weighted by molar-refractivity contribution is 5.30. The molecular weight excluding hydrogens is 232 g/mol. The third kappa shape index (κ3) is 2.56. The molecule has 0 aromatic heterocycles. The minimum absolute atomic E-state index is 0.705. The van der Waals surface area contributed by atoms with Crippen LogP contribution in [0.3, 0.4) is 0 Å². The normalized spacial score (nSPS) is 28.6. The van der Waals surface area contributed by atoms with Crippen molar-refractivity contribution < 1.29 is 0 Å². The van der Waals surface area contributed by atoms with E-state index in [1.54, 1.807) is 0 Å². The van der Waals surface area contributed by atoms with Gasteiger partial charge < -0.3 is 0 Å². The average molecular weight is 258 g/mol. The van der Waals surface area contributed by atoms with Gasteiger partial charge in [-0.25, -0.2) is 0 Å². The first-order valence-corrected chi connectivity index (χ1v) is 7.69. The Labute approximate surface area is 117 Å². The Morgan fingerprint density at radius 2 is 2.00 bits per heavy atom.